The summed E-state index contributed by atoms with van der Waals surface area (Å²) >= 11 is 4.55. The van der Waals surface area contributed by atoms with Crippen molar-refractivity contribution < 1.29 is 14.2 Å². The standard InChI is InChI=1S/C28H25I2O3S/c1-2-31-20-33-28-26(29)17-22(18-27(28)30)32-19-21-13-15-25(16-14-21)34(23-9-5-3-6-10-23)24-11-7-4-8-12-24/h3-18H,2,19-20H2,1H3/q+1. The van der Waals surface area contributed by atoms with Gasteiger partial charge in [0.2, 0.25) is 0 Å². The van der Waals surface area contributed by atoms with Crippen LogP contribution < -0.4 is 9.47 Å². The van der Waals surface area contributed by atoms with Gasteiger partial charge in [0.1, 0.15) is 18.1 Å². The molecule has 4 aromatic carbocycles. The number of halogens is 2. The van der Waals surface area contributed by atoms with E-state index in [9.17, 15) is 0 Å². The monoisotopic (exact) mass is 695 g/mol. The SMILES string of the molecule is CCOCOc1c(I)cc(OCc2ccc([S+](c3ccccc3)c3ccccc3)cc2)cc1I. The molecule has 0 aliphatic rings. The molecule has 3 nitrogen and oxygen atoms in total. The fraction of sp³-hybridized carbons (Fsp3) is 0.143. The van der Waals surface area contributed by atoms with Crippen molar-refractivity contribution in [2.24, 2.45) is 0 Å². The summed E-state index contributed by atoms with van der Waals surface area (Å²) in [4.78, 5) is 3.92. The first-order chi connectivity index (χ1) is 16.7. The fourth-order valence-electron chi connectivity index (χ4n) is 3.35. The van der Waals surface area contributed by atoms with Gasteiger partial charge in [-0.2, -0.15) is 0 Å². The van der Waals surface area contributed by atoms with Crippen molar-refractivity contribution in [2.75, 3.05) is 13.4 Å². The third kappa shape index (κ3) is 6.68. The highest BCUT2D eigenvalue weighted by molar-refractivity contribution is 14.1. The summed E-state index contributed by atoms with van der Waals surface area (Å²) in [5.74, 6) is 1.66. The second kappa shape index (κ2) is 12.8. The van der Waals surface area contributed by atoms with Crippen LogP contribution in [0.2, 0.25) is 0 Å². The van der Waals surface area contributed by atoms with Gasteiger partial charge in [-0.3, -0.25) is 0 Å². The lowest BCUT2D eigenvalue weighted by Crippen LogP contribution is -2.06. The Kier molecular flexibility index (Phi) is 9.55. The summed E-state index contributed by atoms with van der Waals surface area (Å²) in [6, 6.07) is 34.2. The Bertz CT molecular complexity index is 1120. The summed E-state index contributed by atoms with van der Waals surface area (Å²) in [6.45, 7) is 3.34. The van der Waals surface area contributed by atoms with Crippen LogP contribution in [-0.4, -0.2) is 13.4 Å². The highest BCUT2D eigenvalue weighted by atomic mass is 127. The molecule has 0 unspecified atom stereocenters. The highest BCUT2D eigenvalue weighted by Gasteiger charge is 2.28. The zero-order valence-electron chi connectivity index (χ0n) is 18.7. The molecule has 0 aromatic heterocycles. The molecule has 0 spiro atoms. The fourth-order valence-corrected chi connectivity index (χ4v) is 7.46. The molecular formula is C28H25I2O3S+. The van der Waals surface area contributed by atoms with E-state index in [1.807, 2.05) is 19.1 Å². The van der Waals surface area contributed by atoms with Crippen LogP contribution in [0.4, 0.5) is 0 Å². The Morgan fingerprint density at radius 3 is 1.74 bits per heavy atom. The first-order valence-electron chi connectivity index (χ1n) is 10.9. The van der Waals surface area contributed by atoms with Crippen LogP contribution >= 0.6 is 45.2 Å². The average Bonchev–Trinajstić information content (AvgIpc) is 2.87. The molecule has 0 N–H and O–H groups in total. The molecule has 174 valence electrons. The summed E-state index contributed by atoms with van der Waals surface area (Å²) in [5, 5.41) is 0. The van der Waals surface area contributed by atoms with Gasteiger partial charge in [0, 0.05) is 6.61 Å². The van der Waals surface area contributed by atoms with E-state index in [1.54, 1.807) is 0 Å². The first kappa shape index (κ1) is 25.3. The van der Waals surface area contributed by atoms with Crippen LogP contribution in [-0.2, 0) is 22.2 Å². The third-order valence-corrected chi connectivity index (χ3v) is 8.82. The zero-order valence-corrected chi connectivity index (χ0v) is 23.9. The lowest BCUT2D eigenvalue weighted by molar-refractivity contribution is 0.0213. The smallest absolute Gasteiger partial charge is 0.189 e. The molecule has 4 aromatic rings. The van der Waals surface area contributed by atoms with Gasteiger partial charge in [0.15, 0.2) is 21.5 Å². The normalized spacial score (nSPS) is 10.9. The summed E-state index contributed by atoms with van der Waals surface area (Å²) in [5.41, 5.74) is 1.13. The van der Waals surface area contributed by atoms with Gasteiger partial charge < -0.3 is 14.2 Å². The molecule has 0 saturated carbocycles. The summed E-state index contributed by atoms with van der Waals surface area (Å²) in [6.07, 6.45) is 0. The molecule has 0 saturated heterocycles. The molecule has 34 heavy (non-hydrogen) atoms. The second-order valence-corrected chi connectivity index (χ2v) is 11.7. The average molecular weight is 695 g/mol. The van der Waals surface area contributed by atoms with Crippen molar-refractivity contribution in [3.63, 3.8) is 0 Å². The second-order valence-electron chi connectivity index (χ2n) is 7.34. The van der Waals surface area contributed by atoms with Gasteiger partial charge in [-0.15, -0.1) is 0 Å². The van der Waals surface area contributed by atoms with E-state index in [2.05, 4.69) is 130 Å². The number of hydrogen-bond donors (Lipinski definition) is 0. The molecule has 0 aliphatic heterocycles. The molecule has 0 radical (unpaired) electrons. The molecule has 4 rings (SSSR count). The van der Waals surface area contributed by atoms with Crippen LogP contribution in [0.25, 0.3) is 0 Å². The predicted molar refractivity (Wildman–Crippen MR) is 155 cm³/mol. The zero-order chi connectivity index (χ0) is 23.8. The van der Waals surface area contributed by atoms with Crippen LogP contribution in [0, 0.1) is 7.14 Å². The Labute approximate surface area is 231 Å². The van der Waals surface area contributed by atoms with E-state index in [0.717, 1.165) is 24.2 Å². The van der Waals surface area contributed by atoms with Crippen molar-refractivity contribution in [3.05, 3.63) is 110 Å². The van der Waals surface area contributed by atoms with Gasteiger partial charge in [-0.05, 0) is 106 Å². The van der Waals surface area contributed by atoms with Crippen molar-refractivity contribution in [3.8, 4) is 11.5 Å². The van der Waals surface area contributed by atoms with Crippen LogP contribution in [0.1, 0.15) is 12.5 Å². The number of ether oxygens (including phenoxy) is 3. The molecule has 0 bridgehead atoms. The Hall–Kier alpha value is -1.75. The quantitative estimate of drug-likeness (QED) is 0.0731. The topological polar surface area (TPSA) is 27.7 Å². The van der Waals surface area contributed by atoms with Crippen molar-refractivity contribution >= 4 is 56.1 Å². The number of hydrogen-bond acceptors (Lipinski definition) is 3. The molecular weight excluding hydrogens is 670 g/mol. The molecule has 6 heteroatoms. The van der Waals surface area contributed by atoms with E-state index in [-0.39, 0.29) is 17.7 Å². The summed E-state index contributed by atoms with van der Waals surface area (Å²) in [7, 11) is -0.142. The Morgan fingerprint density at radius 1 is 0.676 bits per heavy atom. The third-order valence-electron chi connectivity index (χ3n) is 4.98. The lowest BCUT2D eigenvalue weighted by Gasteiger charge is -2.13. The Morgan fingerprint density at radius 2 is 1.21 bits per heavy atom. The van der Waals surface area contributed by atoms with Crippen LogP contribution in [0.5, 0.6) is 11.5 Å². The molecule has 0 fully saturated rings. The van der Waals surface area contributed by atoms with Crippen LogP contribution in [0.3, 0.4) is 0 Å². The van der Waals surface area contributed by atoms with E-state index in [0.29, 0.717) is 13.2 Å². The predicted octanol–water partition coefficient (Wildman–Crippen LogP) is 7.94. The van der Waals surface area contributed by atoms with Gasteiger partial charge in [-0.25, -0.2) is 0 Å². The molecule has 0 amide bonds. The largest absolute Gasteiger partial charge is 0.489 e. The van der Waals surface area contributed by atoms with Crippen molar-refractivity contribution in [2.45, 2.75) is 28.2 Å². The first-order valence-corrected chi connectivity index (χ1v) is 14.3. The maximum Gasteiger partial charge on any atom is 0.189 e. The van der Waals surface area contributed by atoms with Crippen molar-refractivity contribution in [1.82, 2.24) is 0 Å². The van der Waals surface area contributed by atoms with Gasteiger partial charge in [-0.1, -0.05) is 48.5 Å². The van der Waals surface area contributed by atoms with Crippen molar-refractivity contribution in [1.29, 1.82) is 0 Å². The molecule has 0 heterocycles. The lowest BCUT2D eigenvalue weighted by atomic mass is 10.2. The minimum absolute atomic E-state index is 0.142. The van der Waals surface area contributed by atoms with Gasteiger partial charge in [0.05, 0.1) is 18.0 Å². The van der Waals surface area contributed by atoms with Gasteiger partial charge in [0.25, 0.3) is 0 Å². The minimum Gasteiger partial charge on any atom is -0.489 e. The number of benzene rings is 4. The Balaban J connectivity index is 1.47. The van der Waals surface area contributed by atoms with Gasteiger partial charge >= 0.3 is 0 Å². The van der Waals surface area contributed by atoms with E-state index in [4.69, 9.17) is 14.2 Å². The maximum atomic E-state index is 6.11. The highest BCUT2D eigenvalue weighted by Crippen LogP contribution is 2.33. The van der Waals surface area contributed by atoms with Crippen LogP contribution in [0.15, 0.2) is 112 Å². The summed E-state index contributed by atoms with van der Waals surface area (Å²) < 4.78 is 19.2. The van der Waals surface area contributed by atoms with E-state index < -0.39 is 0 Å². The number of rotatable bonds is 10. The van der Waals surface area contributed by atoms with E-state index >= 15 is 0 Å². The van der Waals surface area contributed by atoms with E-state index in [1.165, 1.54) is 14.7 Å². The maximum absolute atomic E-state index is 6.11. The molecule has 0 atom stereocenters. The molecule has 0 aliphatic carbocycles. The minimum atomic E-state index is -0.142.